The SMILES string of the molecule is C=C(Cc1ccccc1Cl)CN1CCNCC1. The Labute approximate surface area is 108 Å². The fraction of sp³-hybridized carbons (Fsp3) is 0.429. The fourth-order valence-electron chi connectivity index (χ4n) is 2.15. The summed E-state index contributed by atoms with van der Waals surface area (Å²) in [7, 11) is 0. The molecule has 1 aliphatic heterocycles. The Morgan fingerprint density at radius 2 is 2.00 bits per heavy atom. The van der Waals surface area contributed by atoms with Crippen molar-refractivity contribution < 1.29 is 0 Å². The van der Waals surface area contributed by atoms with Crippen molar-refractivity contribution in [3.05, 3.63) is 47.0 Å². The van der Waals surface area contributed by atoms with Gasteiger partial charge >= 0.3 is 0 Å². The number of rotatable bonds is 4. The monoisotopic (exact) mass is 250 g/mol. The van der Waals surface area contributed by atoms with Gasteiger partial charge < -0.3 is 5.32 Å². The van der Waals surface area contributed by atoms with Crippen molar-refractivity contribution in [1.29, 1.82) is 0 Å². The highest BCUT2D eigenvalue weighted by molar-refractivity contribution is 6.31. The number of halogens is 1. The van der Waals surface area contributed by atoms with Crippen LogP contribution in [0, 0.1) is 0 Å². The van der Waals surface area contributed by atoms with Crippen molar-refractivity contribution in [1.82, 2.24) is 10.2 Å². The summed E-state index contributed by atoms with van der Waals surface area (Å²) in [5.74, 6) is 0. The minimum atomic E-state index is 0.842. The zero-order chi connectivity index (χ0) is 12.1. The van der Waals surface area contributed by atoms with E-state index in [1.807, 2.05) is 18.2 Å². The summed E-state index contributed by atoms with van der Waals surface area (Å²) in [5.41, 5.74) is 2.41. The number of nitrogens with one attached hydrogen (secondary N) is 1. The summed E-state index contributed by atoms with van der Waals surface area (Å²) in [5, 5.41) is 4.20. The zero-order valence-electron chi connectivity index (χ0n) is 10.1. The highest BCUT2D eigenvalue weighted by atomic mass is 35.5. The van der Waals surface area contributed by atoms with Crippen LogP contribution in [0.3, 0.4) is 0 Å². The maximum absolute atomic E-state index is 6.15. The first-order chi connectivity index (χ1) is 8.25. The lowest BCUT2D eigenvalue weighted by molar-refractivity contribution is 0.258. The molecule has 0 spiro atoms. The maximum atomic E-state index is 6.15. The Morgan fingerprint density at radius 3 is 2.71 bits per heavy atom. The van der Waals surface area contributed by atoms with E-state index in [0.29, 0.717) is 0 Å². The molecule has 92 valence electrons. The third-order valence-corrected chi connectivity index (χ3v) is 3.42. The van der Waals surface area contributed by atoms with Crippen molar-refractivity contribution in [2.24, 2.45) is 0 Å². The molecule has 0 amide bonds. The molecule has 17 heavy (non-hydrogen) atoms. The summed E-state index contributed by atoms with van der Waals surface area (Å²) in [6.07, 6.45) is 0.879. The molecular weight excluding hydrogens is 232 g/mol. The lowest BCUT2D eigenvalue weighted by atomic mass is 10.1. The van der Waals surface area contributed by atoms with Gasteiger partial charge in [0.2, 0.25) is 0 Å². The van der Waals surface area contributed by atoms with Gasteiger partial charge in [-0.1, -0.05) is 42.0 Å². The van der Waals surface area contributed by atoms with Crippen molar-refractivity contribution in [3.63, 3.8) is 0 Å². The van der Waals surface area contributed by atoms with Crippen LogP contribution in [0.4, 0.5) is 0 Å². The lowest BCUT2D eigenvalue weighted by Crippen LogP contribution is -2.44. The van der Waals surface area contributed by atoms with Crippen molar-refractivity contribution in [3.8, 4) is 0 Å². The second-order valence-corrected chi connectivity index (χ2v) is 4.95. The smallest absolute Gasteiger partial charge is 0.0441 e. The molecule has 1 saturated heterocycles. The number of nitrogens with zero attached hydrogens (tertiary/aromatic N) is 1. The van der Waals surface area contributed by atoms with Gasteiger partial charge in [-0.05, 0) is 18.1 Å². The van der Waals surface area contributed by atoms with E-state index in [1.54, 1.807) is 0 Å². The van der Waals surface area contributed by atoms with Gasteiger partial charge in [0.25, 0.3) is 0 Å². The van der Waals surface area contributed by atoms with Crippen LogP contribution in [0.15, 0.2) is 36.4 Å². The van der Waals surface area contributed by atoms with Gasteiger partial charge in [-0.25, -0.2) is 0 Å². The second-order valence-electron chi connectivity index (χ2n) is 4.54. The molecule has 1 aromatic carbocycles. The van der Waals surface area contributed by atoms with Crippen LogP contribution in [0.2, 0.25) is 5.02 Å². The van der Waals surface area contributed by atoms with Crippen LogP contribution in [-0.4, -0.2) is 37.6 Å². The molecule has 1 N–H and O–H groups in total. The molecule has 1 aromatic rings. The third-order valence-electron chi connectivity index (χ3n) is 3.06. The van der Waals surface area contributed by atoms with Crippen molar-refractivity contribution in [2.75, 3.05) is 32.7 Å². The Hall–Kier alpha value is -0.830. The van der Waals surface area contributed by atoms with Crippen LogP contribution in [0.25, 0.3) is 0 Å². The minimum absolute atomic E-state index is 0.842. The van der Waals surface area contributed by atoms with Gasteiger partial charge in [0.1, 0.15) is 0 Å². The highest BCUT2D eigenvalue weighted by Crippen LogP contribution is 2.18. The topological polar surface area (TPSA) is 15.3 Å². The summed E-state index contributed by atoms with van der Waals surface area (Å²) in [6.45, 7) is 9.53. The molecule has 1 fully saturated rings. The first kappa shape index (κ1) is 12.6. The van der Waals surface area contributed by atoms with E-state index in [2.05, 4.69) is 22.9 Å². The predicted molar refractivity (Wildman–Crippen MR) is 73.6 cm³/mol. The largest absolute Gasteiger partial charge is 0.314 e. The van der Waals surface area contributed by atoms with Gasteiger partial charge in [-0.2, -0.15) is 0 Å². The van der Waals surface area contributed by atoms with E-state index in [4.69, 9.17) is 11.6 Å². The average molecular weight is 251 g/mol. The quantitative estimate of drug-likeness (QED) is 0.826. The average Bonchev–Trinajstić information content (AvgIpc) is 2.33. The molecule has 1 heterocycles. The number of hydrogen-bond donors (Lipinski definition) is 1. The summed E-state index contributed by atoms with van der Waals surface area (Å²) >= 11 is 6.15. The van der Waals surface area contributed by atoms with Crippen molar-refractivity contribution >= 4 is 11.6 Å². The van der Waals surface area contributed by atoms with E-state index < -0.39 is 0 Å². The summed E-state index contributed by atoms with van der Waals surface area (Å²) in [4.78, 5) is 2.44. The number of piperazine rings is 1. The van der Waals surface area contributed by atoms with Crippen LogP contribution < -0.4 is 5.32 Å². The molecule has 0 radical (unpaired) electrons. The van der Waals surface area contributed by atoms with Gasteiger partial charge in [0.05, 0.1) is 0 Å². The molecule has 0 aromatic heterocycles. The Kier molecular flexibility index (Phi) is 4.60. The fourth-order valence-corrected chi connectivity index (χ4v) is 2.36. The molecule has 0 atom stereocenters. The standard InChI is InChI=1S/C14H19ClN2/c1-12(11-17-8-6-16-7-9-17)10-13-4-2-3-5-14(13)15/h2-5,16H,1,6-11H2. The molecule has 2 nitrogen and oxygen atoms in total. The van der Waals surface area contributed by atoms with E-state index in [1.165, 1.54) is 11.1 Å². The molecule has 2 rings (SSSR count). The number of benzene rings is 1. The third kappa shape index (κ3) is 3.84. The summed E-state index contributed by atoms with van der Waals surface area (Å²) in [6, 6.07) is 8.00. The summed E-state index contributed by atoms with van der Waals surface area (Å²) < 4.78 is 0. The molecule has 0 unspecified atom stereocenters. The molecule has 0 aliphatic carbocycles. The maximum Gasteiger partial charge on any atom is 0.0441 e. The van der Waals surface area contributed by atoms with Crippen LogP contribution >= 0.6 is 11.6 Å². The second kappa shape index (κ2) is 6.20. The highest BCUT2D eigenvalue weighted by Gasteiger charge is 2.11. The van der Waals surface area contributed by atoms with Crippen molar-refractivity contribution in [2.45, 2.75) is 6.42 Å². The Bertz CT molecular complexity index is 384. The van der Waals surface area contributed by atoms with E-state index in [0.717, 1.165) is 44.2 Å². The van der Waals surface area contributed by atoms with Crippen LogP contribution in [-0.2, 0) is 6.42 Å². The molecule has 0 saturated carbocycles. The molecular formula is C14H19ClN2. The lowest BCUT2D eigenvalue weighted by Gasteiger charge is -2.27. The predicted octanol–water partition coefficient (Wildman–Crippen LogP) is 2.34. The first-order valence-corrected chi connectivity index (χ1v) is 6.46. The van der Waals surface area contributed by atoms with E-state index in [9.17, 15) is 0 Å². The Morgan fingerprint density at radius 1 is 1.29 bits per heavy atom. The van der Waals surface area contributed by atoms with E-state index >= 15 is 0 Å². The molecule has 0 bridgehead atoms. The first-order valence-electron chi connectivity index (χ1n) is 6.09. The van der Waals surface area contributed by atoms with Gasteiger partial charge in [-0.15, -0.1) is 0 Å². The van der Waals surface area contributed by atoms with Gasteiger partial charge in [0.15, 0.2) is 0 Å². The number of hydrogen-bond acceptors (Lipinski definition) is 2. The van der Waals surface area contributed by atoms with E-state index in [-0.39, 0.29) is 0 Å². The Balaban J connectivity index is 1.86. The molecule has 3 heteroatoms. The molecule has 1 aliphatic rings. The van der Waals surface area contributed by atoms with Crippen LogP contribution in [0.1, 0.15) is 5.56 Å². The van der Waals surface area contributed by atoms with Gasteiger partial charge in [0, 0.05) is 37.7 Å². The normalized spacial score (nSPS) is 17.0. The van der Waals surface area contributed by atoms with Gasteiger partial charge in [-0.3, -0.25) is 4.90 Å². The minimum Gasteiger partial charge on any atom is -0.314 e. The zero-order valence-corrected chi connectivity index (χ0v) is 10.8. The van der Waals surface area contributed by atoms with Crippen LogP contribution in [0.5, 0.6) is 0 Å².